The van der Waals surface area contributed by atoms with Crippen LogP contribution in [0.1, 0.15) is 11.7 Å². The van der Waals surface area contributed by atoms with Crippen LogP contribution in [0.3, 0.4) is 0 Å². The zero-order valence-electron chi connectivity index (χ0n) is 15.1. The van der Waals surface area contributed by atoms with Gasteiger partial charge in [-0.2, -0.15) is 0 Å². The lowest BCUT2D eigenvalue weighted by molar-refractivity contribution is 0.0947. The van der Waals surface area contributed by atoms with Crippen LogP contribution in [-0.4, -0.2) is 36.8 Å². The highest BCUT2D eigenvalue weighted by Crippen LogP contribution is 2.48. The Hall–Kier alpha value is -2.63. The van der Waals surface area contributed by atoms with E-state index in [1.807, 2.05) is 28.8 Å². The highest BCUT2D eigenvalue weighted by atomic mass is 32.1. The summed E-state index contributed by atoms with van der Waals surface area (Å²) in [6, 6.07) is 18.7. The SMILES string of the molecule is CC(=O)n1c2ccccc2c2c(-c3ccccc3)c(N3CCOCC3)sc21. The fourth-order valence-electron chi connectivity index (χ4n) is 3.98. The molecule has 2 aromatic carbocycles. The minimum absolute atomic E-state index is 0.0515. The third-order valence-electron chi connectivity index (χ3n) is 5.16. The summed E-state index contributed by atoms with van der Waals surface area (Å²) in [6.07, 6.45) is 0. The zero-order chi connectivity index (χ0) is 18.4. The number of nitrogens with zero attached hydrogens (tertiary/aromatic N) is 2. The van der Waals surface area contributed by atoms with Crippen molar-refractivity contribution in [2.75, 3.05) is 31.2 Å². The van der Waals surface area contributed by atoms with E-state index in [0.29, 0.717) is 0 Å². The third kappa shape index (κ3) is 2.58. The Morgan fingerprint density at radius 3 is 2.44 bits per heavy atom. The maximum Gasteiger partial charge on any atom is 0.229 e. The highest BCUT2D eigenvalue weighted by molar-refractivity contribution is 7.23. The van der Waals surface area contributed by atoms with Gasteiger partial charge in [0.1, 0.15) is 9.83 Å². The number of benzene rings is 2. The fourth-order valence-corrected chi connectivity index (χ4v) is 5.43. The number of fused-ring (bicyclic) bond motifs is 3. The van der Waals surface area contributed by atoms with Crippen LogP contribution in [0.25, 0.3) is 32.2 Å². The van der Waals surface area contributed by atoms with Crippen molar-refractivity contribution in [3.63, 3.8) is 0 Å². The van der Waals surface area contributed by atoms with Gasteiger partial charge in [0.2, 0.25) is 5.91 Å². The minimum Gasteiger partial charge on any atom is -0.378 e. The fraction of sp³-hybridized carbons (Fsp3) is 0.227. The smallest absolute Gasteiger partial charge is 0.229 e. The number of rotatable bonds is 2. The summed E-state index contributed by atoms with van der Waals surface area (Å²) in [7, 11) is 0. The average molecular weight is 376 g/mol. The second-order valence-corrected chi connectivity index (χ2v) is 7.78. The topological polar surface area (TPSA) is 34.5 Å². The number of hydrogen-bond acceptors (Lipinski definition) is 4. The van der Waals surface area contributed by atoms with Crippen molar-refractivity contribution in [1.29, 1.82) is 0 Å². The maximum absolute atomic E-state index is 12.5. The van der Waals surface area contributed by atoms with Crippen molar-refractivity contribution in [1.82, 2.24) is 4.57 Å². The Kier molecular flexibility index (Phi) is 3.99. The summed E-state index contributed by atoms with van der Waals surface area (Å²) < 4.78 is 7.42. The van der Waals surface area contributed by atoms with E-state index in [1.54, 1.807) is 18.3 Å². The zero-order valence-corrected chi connectivity index (χ0v) is 16.0. The van der Waals surface area contributed by atoms with Gasteiger partial charge in [-0.25, -0.2) is 0 Å². The molecule has 0 saturated carbocycles. The van der Waals surface area contributed by atoms with Crippen LogP contribution in [0.4, 0.5) is 5.00 Å². The summed E-state index contributed by atoms with van der Waals surface area (Å²) in [5.41, 5.74) is 3.40. The molecule has 0 amide bonds. The van der Waals surface area contributed by atoms with Gasteiger partial charge in [0.05, 0.1) is 18.7 Å². The first kappa shape index (κ1) is 16.5. The Balaban J connectivity index is 1.90. The summed E-state index contributed by atoms with van der Waals surface area (Å²) in [5.74, 6) is 0.0515. The molecule has 27 heavy (non-hydrogen) atoms. The normalized spacial score (nSPS) is 14.9. The van der Waals surface area contributed by atoms with E-state index >= 15 is 0 Å². The molecular formula is C22H20N2O2S. The molecule has 4 aromatic rings. The molecule has 0 atom stereocenters. The van der Waals surface area contributed by atoms with Gasteiger partial charge in [0, 0.05) is 36.3 Å². The van der Waals surface area contributed by atoms with Gasteiger partial charge in [-0.15, -0.1) is 0 Å². The van der Waals surface area contributed by atoms with E-state index in [4.69, 9.17) is 4.74 Å². The lowest BCUT2D eigenvalue weighted by Gasteiger charge is -2.28. The van der Waals surface area contributed by atoms with E-state index in [1.165, 1.54) is 21.5 Å². The number of morpholine rings is 1. The summed E-state index contributed by atoms with van der Waals surface area (Å²) in [4.78, 5) is 15.9. The van der Waals surface area contributed by atoms with Crippen molar-refractivity contribution < 1.29 is 9.53 Å². The Labute approximate surface area is 161 Å². The Bertz CT molecular complexity index is 1140. The summed E-state index contributed by atoms with van der Waals surface area (Å²) in [5, 5.41) is 3.55. The number of ether oxygens (including phenoxy) is 1. The quantitative estimate of drug-likeness (QED) is 0.493. The molecule has 3 heterocycles. The van der Waals surface area contributed by atoms with Gasteiger partial charge in [0.15, 0.2) is 0 Å². The molecule has 0 radical (unpaired) electrons. The van der Waals surface area contributed by atoms with Crippen LogP contribution < -0.4 is 4.90 Å². The number of thiophene rings is 1. The second kappa shape index (κ2) is 6.51. The maximum atomic E-state index is 12.5. The summed E-state index contributed by atoms with van der Waals surface area (Å²) in [6.45, 7) is 4.87. The Morgan fingerprint density at radius 2 is 1.70 bits per heavy atom. The number of para-hydroxylation sites is 1. The van der Waals surface area contributed by atoms with Crippen LogP contribution in [0.5, 0.6) is 0 Å². The molecule has 5 rings (SSSR count). The number of anilines is 1. The van der Waals surface area contributed by atoms with Gasteiger partial charge in [-0.05, 0) is 11.6 Å². The van der Waals surface area contributed by atoms with Gasteiger partial charge in [-0.1, -0.05) is 59.9 Å². The predicted octanol–water partition coefficient (Wildman–Crippen LogP) is 5.02. The molecule has 0 N–H and O–H groups in total. The molecule has 0 unspecified atom stereocenters. The molecule has 0 spiro atoms. The molecule has 1 aliphatic rings. The van der Waals surface area contributed by atoms with Crippen LogP contribution in [0.15, 0.2) is 54.6 Å². The standard InChI is InChI=1S/C22H20N2O2S/c1-15(25)24-18-10-6-5-9-17(18)20-19(16-7-3-2-4-8-16)21(27-22(20)24)23-11-13-26-14-12-23/h2-10H,11-14H2,1H3. The van der Waals surface area contributed by atoms with Crippen molar-refractivity contribution in [2.45, 2.75) is 6.92 Å². The molecule has 0 bridgehead atoms. The molecule has 1 aliphatic heterocycles. The summed E-state index contributed by atoms with van der Waals surface area (Å²) >= 11 is 1.72. The van der Waals surface area contributed by atoms with Crippen molar-refractivity contribution in [3.05, 3.63) is 54.6 Å². The highest BCUT2D eigenvalue weighted by Gasteiger charge is 2.26. The molecule has 2 aromatic heterocycles. The van der Waals surface area contributed by atoms with Gasteiger partial charge in [0.25, 0.3) is 0 Å². The van der Waals surface area contributed by atoms with E-state index in [0.717, 1.165) is 42.0 Å². The first-order chi connectivity index (χ1) is 13.3. The third-order valence-corrected chi connectivity index (χ3v) is 6.40. The van der Waals surface area contributed by atoms with Crippen LogP contribution in [0, 0.1) is 0 Å². The molecule has 0 aliphatic carbocycles. The largest absolute Gasteiger partial charge is 0.378 e. The molecule has 5 heteroatoms. The average Bonchev–Trinajstić information content (AvgIpc) is 3.24. The molecule has 1 saturated heterocycles. The van der Waals surface area contributed by atoms with E-state index in [-0.39, 0.29) is 5.91 Å². The number of carbonyl (C=O) groups excluding carboxylic acids is 1. The lowest BCUT2D eigenvalue weighted by Crippen LogP contribution is -2.35. The van der Waals surface area contributed by atoms with E-state index in [2.05, 4.69) is 35.2 Å². The molecule has 1 fully saturated rings. The van der Waals surface area contributed by atoms with Crippen LogP contribution in [-0.2, 0) is 4.74 Å². The van der Waals surface area contributed by atoms with Gasteiger partial charge < -0.3 is 9.64 Å². The van der Waals surface area contributed by atoms with Crippen LogP contribution in [0.2, 0.25) is 0 Å². The van der Waals surface area contributed by atoms with Crippen LogP contribution >= 0.6 is 11.3 Å². The van der Waals surface area contributed by atoms with E-state index < -0.39 is 0 Å². The number of hydrogen-bond donors (Lipinski definition) is 0. The van der Waals surface area contributed by atoms with Gasteiger partial charge >= 0.3 is 0 Å². The first-order valence-corrected chi connectivity index (χ1v) is 10.0. The lowest BCUT2D eigenvalue weighted by atomic mass is 10.0. The number of aromatic nitrogens is 1. The second-order valence-electron chi connectivity index (χ2n) is 6.80. The minimum atomic E-state index is 0.0515. The Morgan fingerprint density at radius 1 is 1.00 bits per heavy atom. The first-order valence-electron chi connectivity index (χ1n) is 9.20. The van der Waals surface area contributed by atoms with E-state index in [9.17, 15) is 4.79 Å². The molecule has 136 valence electrons. The predicted molar refractivity (Wildman–Crippen MR) is 112 cm³/mol. The van der Waals surface area contributed by atoms with Crippen molar-refractivity contribution in [3.8, 4) is 11.1 Å². The number of carbonyl (C=O) groups is 1. The monoisotopic (exact) mass is 376 g/mol. The van der Waals surface area contributed by atoms with Crippen molar-refractivity contribution >= 4 is 43.4 Å². The molecular weight excluding hydrogens is 356 g/mol. The molecule has 4 nitrogen and oxygen atoms in total. The van der Waals surface area contributed by atoms with Crippen molar-refractivity contribution in [2.24, 2.45) is 0 Å². The van der Waals surface area contributed by atoms with Gasteiger partial charge in [-0.3, -0.25) is 9.36 Å².